The highest BCUT2D eigenvalue weighted by molar-refractivity contribution is 6.28. The number of carbonyl (C=O) groups is 1. The van der Waals surface area contributed by atoms with E-state index >= 15 is 0 Å². The Morgan fingerprint density at radius 2 is 1.94 bits per heavy atom. The van der Waals surface area contributed by atoms with Gasteiger partial charge in [-0.2, -0.15) is 15.0 Å². The van der Waals surface area contributed by atoms with Gasteiger partial charge < -0.3 is 4.90 Å². The van der Waals surface area contributed by atoms with Crippen molar-refractivity contribution in [1.82, 2.24) is 20.4 Å². The van der Waals surface area contributed by atoms with Crippen molar-refractivity contribution >= 4 is 29.4 Å². The van der Waals surface area contributed by atoms with Crippen LogP contribution in [0.15, 0.2) is 0 Å². The van der Waals surface area contributed by atoms with Crippen molar-refractivity contribution in [2.75, 3.05) is 23.4 Å². The molecule has 0 radical (unpaired) electrons. The molecule has 1 amide bonds. The van der Waals surface area contributed by atoms with Gasteiger partial charge in [0.05, 0.1) is 0 Å². The summed E-state index contributed by atoms with van der Waals surface area (Å²) in [6.07, 6.45) is 0. The third-order valence-electron chi connectivity index (χ3n) is 1.99. The maximum absolute atomic E-state index is 10.7. The number of hydrogen-bond donors (Lipinski definition) is 2. The average Bonchev–Trinajstić information content (AvgIpc) is 2.27. The monoisotopic (exact) mass is 258 g/mol. The number of rotatable bonds is 5. The van der Waals surface area contributed by atoms with Crippen LogP contribution in [-0.2, 0) is 4.79 Å². The van der Waals surface area contributed by atoms with Crippen LogP contribution < -0.4 is 15.8 Å². The van der Waals surface area contributed by atoms with Crippen LogP contribution in [0.3, 0.4) is 0 Å². The van der Waals surface area contributed by atoms with Crippen LogP contribution >= 0.6 is 11.6 Å². The second-order valence-corrected chi connectivity index (χ2v) is 3.54. The Morgan fingerprint density at radius 1 is 1.29 bits per heavy atom. The molecule has 0 aliphatic carbocycles. The van der Waals surface area contributed by atoms with E-state index in [2.05, 4.69) is 25.8 Å². The number of nitrogens with one attached hydrogen (secondary N) is 2. The molecule has 8 heteroatoms. The topological polar surface area (TPSA) is 83.0 Å². The first-order chi connectivity index (χ1) is 8.06. The van der Waals surface area contributed by atoms with Crippen molar-refractivity contribution < 1.29 is 4.79 Å². The van der Waals surface area contributed by atoms with E-state index in [4.69, 9.17) is 11.6 Å². The lowest BCUT2D eigenvalue weighted by atomic mass is 10.5. The van der Waals surface area contributed by atoms with Gasteiger partial charge in [-0.05, 0) is 25.4 Å². The number of hydrogen-bond acceptors (Lipinski definition) is 6. The smallest absolute Gasteiger partial charge is 0.247 e. The summed E-state index contributed by atoms with van der Waals surface area (Å²) in [6.45, 7) is 6.87. The number of nitrogens with zero attached hydrogens (tertiary/aromatic N) is 4. The standard InChI is InChI=1S/C9H15ClN6O/c1-4-16(5-2)9-12-7(10)11-8(13-9)15-14-6(3)17/h4-5H2,1-3H3,(H,14,17)(H,11,12,13,15). The molecule has 1 aromatic rings. The van der Waals surface area contributed by atoms with Gasteiger partial charge in [0.2, 0.25) is 23.1 Å². The van der Waals surface area contributed by atoms with E-state index < -0.39 is 0 Å². The molecule has 94 valence electrons. The number of aromatic nitrogens is 3. The van der Waals surface area contributed by atoms with Gasteiger partial charge in [-0.1, -0.05) is 0 Å². The quantitative estimate of drug-likeness (QED) is 0.762. The predicted octanol–water partition coefficient (Wildman–Crippen LogP) is 0.834. The first kappa shape index (κ1) is 13.4. The normalized spacial score (nSPS) is 9.88. The summed E-state index contributed by atoms with van der Waals surface area (Å²) in [5.41, 5.74) is 4.93. The molecule has 17 heavy (non-hydrogen) atoms. The second kappa shape index (κ2) is 6.19. The van der Waals surface area contributed by atoms with Gasteiger partial charge in [0.25, 0.3) is 0 Å². The van der Waals surface area contributed by atoms with E-state index in [1.165, 1.54) is 6.92 Å². The Bertz CT molecular complexity index is 395. The van der Waals surface area contributed by atoms with E-state index in [0.29, 0.717) is 5.95 Å². The summed E-state index contributed by atoms with van der Waals surface area (Å²) in [4.78, 5) is 24.7. The highest BCUT2D eigenvalue weighted by atomic mass is 35.5. The molecule has 0 fully saturated rings. The molecule has 0 aliphatic rings. The lowest BCUT2D eigenvalue weighted by Crippen LogP contribution is -2.29. The van der Waals surface area contributed by atoms with Crippen molar-refractivity contribution in [3.05, 3.63) is 5.28 Å². The SMILES string of the molecule is CCN(CC)c1nc(Cl)nc(NNC(C)=O)n1. The van der Waals surface area contributed by atoms with Crippen LogP contribution in [0, 0.1) is 0 Å². The van der Waals surface area contributed by atoms with Crippen molar-refractivity contribution in [2.45, 2.75) is 20.8 Å². The number of carbonyl (C=O) groups excluding carboxylic acids is 1. The molecule has 1 aromatic heterocycles. The van der Waals surface area contributed by atoms with Gasteiger partial charge in [-0.15, -0.1) is 0 Å². The maximum atomic E-state index is 10.7. The number of amides is 1. The van der Waals surface area contributed by atoms with Gasteiger partial charge in [-0.3, -0.25) is 15.6 Å². The molecular weight excluding hydrogens is 244 g/mol. The number of anilines is 2. The molecule has 7 nitrogen and oxygen atoms in total. The highest BCUT2D eigenvalue weighted by Gasteiger charge is 2.09. The molecule has 0 bridgehead atoms. The maximum Gasteiger partial charge on any atom is 0.247 e. The van der Waals surface area contributed by atoms with E-state index in [1.54, 1.807) is 0 Å². The highest BCUT2D eigenvalue weighted by Crippen LogP contribution is 2.12. The van der Waals surface area contributed by atoms with Crippen LogP contribution in [0.2, 0.25) is 5.28 Å². The second-order valence-electron chi connectivity index (χ2n) is 3.21. The van der Waals surface area contributed by atoms with Crippen molar-refractivity contribution in [3.8, 4) is 0 Å². The lowest BCUT2D eigenvalue weighted by molar-refractivity contribution is -0.118. The summed E-state index contributed by atoms with van der Waals surface area (Å²) in [7, 11) is 0. The Kier molecular flexibility index (Phi) is 4.89. The minimum atomic E-state index is -0.245. The van der Waals surface area contributed by atoms with E-state index in [9.17, 15) is 4.79 Å². The van der Waals surface area contributed by atoms with Crippen molar-refractivity contribution in [2.24, 2.45) is 0 Å². The molecule has 0 unspecified atom stereocenters. The molecule has 1 heterocycles. The van der Waals surface area contributed by atoms with Crippen LogP contribution in [0.5, 0.6) is 0 Å². The Balaban J connectivity index is 2.89. The Hall–Kier alpha value is -1.63. The summed E-state index contributed by atoms with van der Waals surface area (Å²) >= 11 is 5.78. The fraction of sp³-hybridized carbons (Fsp3) is 0.556. The minimum Gasteiger partial charge on any atom is -0.341 e. The van der Waals surface area contributed by atoms with Gasteiger partial charge in [0, 0.05) is 20.0 Å². The van der Waals surface area contributed by atoms with Crippen LogP contribution in [0.25, 0.3) is 0 Å². The van der Waals surface area contributed by atoms with Gasteiger partial charge >= 0.3 is 0 Å². The van der Waals surface area contributed by atoms with Crippen molar-refractivity contribution in [1.29, 1.82) is 0 Å². The summed E-state index contributed by atoms with van der Waals surface area (Å²) in [6, 6.07) is 0. The fourth-order valence-electron chi connectivity index (χ4n) is 1.19. The van der Waals surface area contributed by atoms with E-state index in [0.717, 1.165) is 13.1 Å². The molecular formula is C9H15ClN6O. The third kappa shape index (κ3) is 4.03. The third-order valence-corrected chi connectivity index (χ3v) is 2.16. The first-order valence-corrected chi connectivity index (χ1v) is 5.63. The molecule has 0 spiro atoms. The van der Waals surface area contributed by atoms with Crippen LogP contribution in [0.4, 0.5) is 11.9 Å². The molecule has 0 saturated heterocycles. The first-order valence-electron chi connectivity index (χ1n) is 5.26. The molecule has 0 saturated carbocycles. The number of halogens is 1. The zero-order valence-electron chi connectivity index (χ0n) is 9.99. The molecule has 0 aliphatic heterocycles. The predicted molar refractivity (Wildman–Crippen MR) is 65.8 cm³/mol. The Labute approximate surface area is 105 Å². The van der Waals surface area contributed by atoms with E-state index in [1.807, 2.05) is 18.7 Å². The summed E-state index contributed by atoms with van der Waals surface area (Å²) < 4.78 is 0. The zero-order chi connectivity index (χ0) is 12.8. The number of hydrazine groups is 1. The molecule has 0 atom stereocenters. The largest absolute Gasteiger partial charge is 0.341 e. The summed E-state index contributed by atoms with van der Waals surface area (Å²) in [5, 5.41) is 0.0785. The fourth-order valence-corrected chi connectivity index (χ4v) is 1.34. The van der Waals surface area contributed by atoms with E-state index in [-0.39, 0.29) is 17.1 Å². The minimum absolute atomic E-state index is 0.0785. The average molecular weight is 259 g/mol. The zero-order valence-corrected chi connectivity index (χ0v) is 10.7. The molecule has 2 N–H and O–H groups in total. The molecule has 0 aromatic carbocycles. The molecule has 1 rings (SSSR count). The van der Waals surface area contributed by atoms with Crippen molar-refractivity contribution in [3.63, 3.8) is 0 Å². The van der Waals surface area contributed by atoms with Crippen LogP contribution in [-0.4, -0.2) is 33.9 Å². The van der Waals surface area contributed by atoms with Gasteiger partial charge in [-0.25, -0.2) is 0 Å². The van der Waals surface area contributed by atoms with Crippen LogP contribution in [0.1, 0.15) is 20.8 Å². The lowest BCUT2D eigenvalue weighted by Gasteiger charge is -2.18. The van der Waals surface area contributed by atoms with Gasteiger partial charge in [0.1, 0.15) is 0 Å². The Morgan fingerprint density at radius 3 is 2.47 bits per heavy atom. The summed E-state index contributed by atoms with van der Waals surface area (Å²) in [5.74, 6) is 0.441. The van der Waals surface area contributed by atoms with Gasteiger partial charge in [0.15, 0.2) is 0 Å².